The van der Waals surface area contributed by atoms with Gasteiger partial charge >= 0.3 is 0 Å². The highest BCUT2D eigenvalue weighted by molar-refractivity contribution is 7.89. The van der Waals surface area contributed by atoms with Crippen LogP contribution >= 0.6 is 0 Å². The largest absolute Gasteiger partial charge is 0.481 e. The Morgan fingerprint density at radius 2 is 1.58 bits per heavy atom. The number of piperazine rings is 1. The van der Waals surface area contributed by atoms with E-state index in [1.165, 1.54) is 28.3 Å². The Bertz CT molecular complexity index is 1040. The van der Waals surface area contributed by atoms with E-state index in [4.69, 9.17) is 4.74 Å². The Kier molecular flexibility index (Phi) is 6.34. The zero-order valence-corrected chi connectivity index (χ0v) is 19.0. The molecule has 1 atom stereocenters. The molecule has 6 nitrogen and oxygen atoms in total. The first-order chi connectivity index (χ1) is 14.8. The average molecular weight is 443 g/mol. The number of hydrogen-bond donors (Lipinski definition) is 0. The minimum absolute atomic E-state index is 0.106. The molecule has 0 saturated carbocycles. The first kappa shape index (κ1) is 21.8. The first-order valence-electron chi connectivity index (χ1n) is 11.0. The van der Waals surface area contributed by atoms with Gasteiger partial charge in [-0.3, -0.25) is 4.79 Å². The van der Waals surface area contributed by atoms with E-state index in [1.54, 1.807) is 36.1 Å². The second-order valence-electron chi connectivity index (χ2n) is 8.44. The van der Waals surface area contributed by atoms with Crippen molar-refractivity contribution >= 4 is 15.9 Å². The van der Waals surface area contributed by atoms with Gasteiger partial charge in [0.2, 0.25) is 10.0 Å². The molecule has 1 aliphatic heterocycles. The van der Waals surface area contributed by atoms with Crippen LogP contribution in [-0.4, -0.2) is 55.8 Å². The van der Waals surface area contributed by atoms with Crippen molar-refractivity contribution in [2.75, 3.05) is 26.2 Å². The molecule has 1 aliphatic carbocycles. The summed E-state index contributed by atoms with van der Waals surface area (Å²) in [6.07, 6.45) is 3.99. The zero-order valence-electron chi connectivity index (χ0n) is 18.2. The molecule has 2 aromatic carbocycles. The molecule has 1 fully saturated rings. The third-order valence-electron chi connectivity index (χ3n) is 6.19. The van der Waals surface area contributed by atoms with E-state index < -0.39 is 16.1 Å². The fourth-order valence-corrected chi connectivity index (χ4v) is 5.73. The predicted octanol–water partition coefficient (Wildman–Crippen LogP) is 3.17. The van der Waals surface area contributed by atoms with Gasteiger partial charge in [0.05, 0.1) is 4.90 Å². The third-order valence-corrected chi connectivity index (χ3v) is 8.10. The highest BCUT2D eigenvalue weighted by atomic mass is 32.2. The number of carbonyl (C=O) groups excluding carboxylic acids is 1. The molecule has 31 heavy (non-hydrogen) atoms. The van der Waals surface area contributed by atoms with Crippen molar-refractivity contribution in [3.8, 4) is 5.75 Å². The van der Waals surface area contributed by atoms with Crippen LogP contribution < -0.4 is 4.74 Å². The van der Waals surface area contributed by atoms with Crippen LogP contribution in [0.25, 0.3) is 0 Å². The summed E-state index contributed by atoms with van der Waals surface area (Å²) >= 11 is 0. The van der Waals surface area contributed by atoms with Crippen LogP contribution in [-0.2, 0) is 27.7 Å². The summed E-state index contributed by atoms with van der Waals surface area (Å²) in [6.45, 7) is 4.98. The molecule has 166 valence electrons. The number of fused-ring (bicyclic) bond motifs is 1. The molecule has 0 aromatic heterocycles. The normalized spacial score (nSPS) is 18.3. The van der Waals surface area contributed by atoms with Crippen molar-refractivity contribution in [2.24, 2.45) is 0 Å². The van der Waals surface area contributed by atoms with Gasteiger partial charge in [-0.15, -0.1) is 0 Å². The minimum atomic E-state index is -3.54. The maximum absolute atomic E-state index is 12.9. The summed E-state index contributed by atoms with van der Waals surface area (Å²) in [4.78, 5) is 14.9. The summed E-state index contributed by atoms with van der Waals surface area (Å²) < 4.78 is 33.1. The van der Waals surface area contributed by atoms with Crippen molar-refractivity contribution in [3.63, 3.8) is 0 Å². The van der Waals surface area contributed by atoms with E-state index in [2.05, 4.69) is 12.1 Å². The Morgan fingerprint density at radius 1 is 0.935 bits per heavy atom. The van der Waals surface area contributed by atoms with E-state index in [9.17, 15) is 13.2 Å². The van der Waals surface area contributed by atoms with Crippen molar-refractivity contribution < 1.29 is 17.9 Å². The summed E-state index contributed by atoms with van der Waals surface area (Å²) in [6, 6.07) is 13.0. The van der Waals surface area contributed by atoms with Crippen LogP contribution in [0, 0.1) is 6.92 Å². The van der Waals surface area contributed by atoms with Gasteiger partial charge in [0.15, 0.2) is 6.10 Å². The van der Waals surface area contributed by atoms with Crippen LogP contribution in [0.15, 0.2) is 47.4 Å². The lowest BCUT2D eigenvalue weighted by Crippen LogP contribution is -2.53. The van der Waals surface area contributed by atoms with Crippen molar-refractivity contribution in [2.45, 2.75) is 50.5 Å². The van der Waals surface area contributed by atoms with Crippen molar-refractivity contribution in [1.29, 1.82) is 0 Å². The van der Waals surface area contributed by atoms with Gasteiger partial charge in [-0.1, -0.05) is 23.8 Å². The molecule has 1 heterocycles. The van der Waals surface area contributed by atoms with Gasteiger partial charge in [-0.2, -0.15) is 4.31 Å². The molecule has 7 heteroatoms. The van der Waals surface area contributed by atoms with Crippen LogP contribution in [0.4, 0.5) is 0 Å². The summed E-state index contributed by atoms with van der Waals surface area (Å²) in [5.74, 6) is 0.618. The Hall–Kier alpha value is -2.38. The highest BCUT2D eigenvalue weighted by Gasteiger charge is 2.32. The molecular formula is C24H30N2O4S. The lowest BCUT2D eigenvalue weighted by Gasteiger charge is -2.35. The van der Waals surface area contributed by atoms with Crippen LogP contribution in [0.1, 0.15) is 36.5 Å². The second kappa shape index (κ2) is 9.01. The number of sulfonamides is 1. The number of ether oxygens (including phenoxy) is 1. The molecule has 1 amide bonds. The highest BCUT2D eigenvalue weighted by Crippen LogP contribution is 2.26. The fourth-order valence-electron chi connectivity index (χ4n) is 4.30. The number of aryl methyl sites for hydroxylation is 3. The Balaban J connectivity index is 1.35. The van der Waals surface area contributed by atoms with Crippen molar-refractivity contribution in [3.05, 3.63) is 59.2 Å². The second-order valence-corrected chi connectivity index (χ2v) is 10.4. The Morgan fingerprint density at radius 3 is 2.26 bits per heavy atom. The molecule has 0 bridgehead atoms. The van der Waals surface area contributed by atoms with Crippen LogP contribution in [0.2, 0.25) is 0 Å². The average Bonchev–Trinajstić information content (AvgIpc) is 2.79. The molecule has 4 rings (SSSR count). The van der Waals surface area contributed by atoms with Gasteiger partial charge in [-0.05, 0) is 74.9 Å². The molecule has 0 N–H and O–H groups in total. The number of amides is 1. The molecular weight excluding hydrogens is 412 g/mol. The molecule has 2 aromatic rings. The minimum Gasteiger partial charge on any atom is -0.481 e. The third kappa shape index (κ3) is 4.77. The molecule has 1 saturated heterocycles. The van der Waals surface area contributed by atoms with E-state index in [0.29, 0.717) is 18.0 Å². The van der Waals surface area contributed by atoms with Crippen LogP contribution in [0.5, 0.6) is 5.75 Å². The van der Waals surface area contributed by atoms with E-state index in [0.717, 1.165) is 24.2 Å². The lowest BCUT2D eigenvalue weighted by atomic mass is 9.92. The van der Waals surface area contributed by atoms with E-state index in [-0.39, 0.29) is 19.0 Å². The van der Waals surface area contributed by atoms with Crippen molar-refractivity contribution in [1.82, 2.24) is 9.21 Å². The van der Waals surface area contributed by atoms with E-state index in [1.807, 2.05) is 13.0 Å². The summed E-state index contributed by atoms with van der Waals surface area (Å²) in [5.41, 5.74) is 3.71. The predicted molar refractivity (Wildman–Crippen MR) is 120 cm³/mol. The topological polar surface area (TPSA) is 66.9 Å². The zero-order chi connectivity index (χ0) is 22.0. The molecule has 0 spiro atoms. The number of nitrogens with zero attached hydrogens (tertiary/aromatic N) is 2. The number of carbonyl (C=O) groups is 1. The first-order valence-corrected chi connectivity index (χ1v) is 12.4. The van der Waals surface area contributed by atoms with E-state index >= 15 is 0 Å². The van der Waals surface area contributed by atoms with Gasteiger partial charge < -0.3 is 9.64 Å². The van der Waals surface area contributed by atoms with Gasteiger partial charge in [0, 0.05) is 26.2 Å². The SMILES string of the molecule is Cc1ccc(S(=O)(=O)N2CCN(C(=O)C(C)Oc3ccc4c(c3)CCCC4)CC2)cc1. The van der Waals surface area contributed by atoms with Gasteiger partial charge in [0.1, 0.15) is 5.75 Å². The Labute approximate surface area is 184 Å². The molecule has 1 unspecified atom stereocenters. The van der Waals surface area contributed by atoms with Gasteiger partial charge in [0.25, 0.3) is 5.91 Å². The molecule has 2 aliphatic rings. The summed E-state index contributed by atoms with van der Waals surface area (Å²) in [5, 5.41) is 0. The monoisotopic (exact) mass is 442 g/mol. The smallest absolute Gasteiger partial charge is 0.263 e. The van der Waals surface area contributed by atoms with Crippen LogP contribution in [0.3, 0.4) is 0 Å². The molecule has 0 radical (unpaired) electrons. The number of benzene rings is 2. The number of rotatable bonds is 5. The maximum Gasteiger partial charge on any atom is 0.263 e. The van der Waals surface area contributed by atoms with Gasteiger partial charge in [-0.25, -0.2) is 8.42 Å². The maximum atomic E-state index is 12.9. The summed E-state index contributed by atoms with van der Waals surface area (Å²) in [7, 11) is -3.54. The lowest BCUT2D eigenvalue weighted by molar-refractivity contribution is -0.139. The standard InChI is InChI=1S/C24H30N2O4S/c1-18-7-11-23(12-8-18)31(28,29)26-15-13-25(14-16-26)24(27)19(2)30-22-10-9-20-5-3-4-6-21(20)17-22/h7-12,17,19H,3-6,13-16H2,1-2H3. The quantitative estimate of drug-likeness (QED) is 0.713. The fraction of sp³-hybridized carbons (Fsp3) is 0.458. The number of hydrogen-bond acceptors (Lipinski definition) is 4.